The molecular formula is C19H26FNO4S. The average molecular weight is 383 g/mol. The van der Waals surface area contributed by atoms with E-state index < -0.39 is 33.1 Å². The van der Waals surface area contributed by atoms with Gasteiger partial charge in [0.2, 0.25) is 0 Å². The molecule has 1 amide bonds. The molecule has 2 aliphatic rings. The van der Waals surface area contributed by atoms with Crippen LogP contribution >= 0.6 is 0 Å². The third-order valence-corrected chi connectivity index (χ3v) is 6.80. The van der Waals surface area contributed by atoms with Gasteiger partial charge in [-0.25, -0.2) is 13.1 Å². The Morgan fingerprint density at radius 3 is 2.46 bits per heavy atom. The van der Waals surface area contributed by atoms with Crippen LogP contribution < -0.4 is 4.72 Å². The van der Waals surface area contributed by atoms with E-state index in [-0.39, 0.29) is 11.0 Å². The molecule has 0 bridgehead atoms. The van der Waals surface area contributed by atoms with E-state index in [0.717, 1.165) is 12.8 Å². The second-order valence-electron chi connectivity index (χ2n) is 8.16. The highest BCUT2D eigenvalue weighted by atomic mass is 32.2. The minimum absolute atomic E-state index is 0.00950. The predicted molar refractivity (Wildman–Crippen MR) is 96.5 cm³/mol. The molecular weight excluding hydrogens is 357 g/mol. The number of ether oxygens (including phenoxy) is 1. The fraction of sp³-hybridized carbons (Fsp3) is 0.632. The van der Waals surface area contributed by atoms with Crippen molar-refractivity contribution in [3.63, 3.8) is 0 Å². The third kappa shape index (κ3) is 4.09. The number of halogens is 1. The van der Waals surface area contributed by atoms with Crippen LogP contribution in [0.5, 0.6) is 0 Å². The quantitative estimate of drug-likeness (QED) is 0.812. The topological polar surface area (TPSA) is 72.5 Å². The Balaban J connectivity index is 1.78. The number of rotatable bonds is 6. The lowest BCUT2D eigenvalue weighted by atomic mass is 9.76. The number of amides is 1. The van der Waals surface area contributed by atoms with Crippen molar-refractivity contribution in [1.82, 2.24) is 4.72 Å². The van der Waals surface area contributed by atoms with Gasteiger partial charge in [0, 0.05) is 11.5 Å². The van der Waals surface area contributed by atoms with Crippen LogP contribution in [0.3, 0.4) is 0 Å². The van der Waals surface area contributed by atoms with Crippen LogP contribution in [0.25, 0.3) is 0 Å². The van der Waals surface area contributed by atoms with Gasteiger partial charge in [-0.1, -0.05) is 38.5 Å². The normalized spacial score (nSPS) is 25.3. The van der Waals surface area contributed by atoms with Crippen molar-refractivity contribution in [2.75, 3.05) is 0 Å². The summed E-state index contributed by atoms with van der Waals surface area (Å²) in [7, 11) is -4.63. The lowest BCUT2D eigenvalue weighted by Gasteiger charge is -2.38. The fourth-order valence-electron chi connectivity index (χ4n) is 3.60. The standard InChI is InChI=1S/C19H26FNO4S/c1-18(2)12-6-9-16(13-18)25-19(20,15-10-11-15)26(23,24)21-17(22)14-7-4-3-5-8-14/h3-5,7-8,15-16H,6,9-13H2,1-2H3,(H,21,22). The van der Waals surface area contributed by atoms with E-state index >= 15 is 4.39 Å². The first kappa shape index (κ1) is 19.3. The van der Waals surface area contributed by atoms with Gasteiger partial charge in [-0.15, -0.1) is 0 Å². The van der Waals surface area contributed by atoms with Gasteiger partial charge in [0.1, 0.15) is 0 Å². The highest BCUT2D eigenvalue weighted by Crippen LogP contribution is 2.48. The molecule has 2 atom stereocenters. The molecule has 1 aromatic carbocycles. The number of alkyl halides is 1. The van der Waals surface area contributed by atoms with Crippen LogP contribution in [0.2, 0.25) is 0 Å². The molecule has 0 heterocycles. The van der Waals surface area contributed by atoms with Crippen LogP contribution in [0, 0.1) is 11.3 Å². The summed E-state index contributed by atoms with van der Waals surface area (Å²) in [5.74, 6) is -1.57. The molecule has 1 aromatic rings. The monoisotopic (exact) mass is 383 g/mol. The molecule has 7 heteroatoms. The summed E-state index contributed by atoms with van der Waals surface area (Å²) in [5, 5.41) is -2.87. The molecule has 2 fully saturated rings. The van der Waals surface area contributed by atoms with Crippen molar-refractivity contribution in [2.45, 2.75) is 63.7 Å². The Morgan fingerprint density at radius 2 is 1.88 bits per heavy atom. The molecule has 0 spiro atoms. The van der Waals surface area contributed by atoms with Crippen LogP contribution in [0.15, 0.2) is 30.3 Å². The molecule has 5 nitrogen and oxygen atoms in total. The van der Waals surface area contributed by atoms with Crippen molar-refractivity contribution in [3.05, 3.63) is 35.9 Å². The number of carbonyl (C=O) groups is 1. The van der Waals surface area contributed by atoms with Crippen molar-refractivity contribution < 1.29 is 22.3 Å². The fourth-order valence-corrected chi connectivity index (χ4v) is 5.04. The van der Waals surface area contributed by atoms with E-state index in [0.29, 0.717) is 25.7 Å². The van der Waals surface area contributed by atoms with Gasteiger partial charge in [0.25, 0.3) is 15.9 Å². The molecule has 2 unspecified atom stereocenters. The summed E-state index contributed by atoms with van der Waals surface area (Å²) in [6.45, 7) is 4.15. The lowest BCUT2D eigenvalue weighted by molar-refractivity contribution is -0.151. The molecule has 0 aromatic heterocycles. The first-order chi connectivity index (χ1) is 12.1. The summed E-state index contributed by atoms with van der Waals surface area (Å²) in [6, 6.07) is 7.90. The number of hydrogen-bond acceptors (Lipinski definition) is 4. The van der Waals surface area contributed by atoms with E-state index in [2.05, 4.69) is 13.8 Å². The number of sulfonamides is 1. The molecule has 0 saturated heterocycles. The molecule has 3 rings (SSSR count). The van der Waals surface area contributed by atoms with E-state index in [1.807, 2.05) is 4.72 Å². The number of carbonyl (C=O) groups excluding carboxylic acids is 1. The second kappa shape index (κ2) is 6.93. The van der Waals surface area contributed by atoms with Crippen molar-refractivity contribution in [1.29, 1.82) is 0 Å². The van der Waals surface area contributed by atoms with Gasteiger partial charge in [0.15, 0.2) is 0 Å². The third-order valence-electron chi connectivity index (χ3n) is 5.18. The van der Waals surface area contributed by atoms with E-state index in [4.69, 9.17) is 4.74 Å². The first-order valence-electron chi connectivity index (χ1n) is 9.11. The van der Waals surface area contributed by atoms with Crippen molar-refractivity contribution in [2.24, 2.45) is 11.3 Å². The van der Waals surface area contributed by atoms with Crippen LogP contribution in [-0.4, -0.2) is 25.6 Å². The summed E-state index contributed by atoms with van der Waals surface area (Å²) >= 11 is 0. The highest BCUT2D eigenvalue weighted by molar-refractivity contribution is 7.91. The summed E-state index contributed by atoms with van der Waals surface area (Å²) in [5.41, 5.74) is 0.151. The second-order valence-corrected chi connectivity index (χ2v) is 9.93. The summed E-state index contributed by atoms with van der Waals surface area (Å²) in [6.07, 6.45) is 3.52. The minimum Gasteiger partial charge on any atom is -0.329 e. The molecule has 26 heavy (non-hydrogen) atoms. The zero-order valence-electron chi connectivity index (χ0n) is 15.2. The Bertz CT molecular complexity index is 761. The molecule has 0 aliphatic heterocycles. The van der Waals surface area contributed by atoms with E-state index in [1.165, 1.54) is 12.1 Å². The van der Waals surface area contributed by atoms with Crippen molar-refractivity contribution in [3.8, 4) is 0 Å². The SMILES string of the molecule is CC1(C)CCCC(OC(F)(C2CC2)S(=O)(=O)NC(=O)c2ccccc2)C1. The largest absolute Gasteiger partial charge is 0.333 e. The Morgan fingerprint density at radius 1 is 1.23 bits per heavy atom. The maximum atomic E-state index is 15.6. The zero-order chi connectivity index (χ0) is 19.0. The Kier molecular flexibility index (Phi) is 5.14. The molecule has 2 saturated carbocycles. The van der Waals surface area contributed by atoms with Gasteiger partial charge in [-0.2, -0.15) is 4.39 Å². The first-order valence-corrected chi connectivity index (χ1v) is 10.6. The lowest BCUT2D eigenvalue weighted by Crippen LogP contribution is -2.51. The molecule has 144 valence electrons. The van der Waals surface area contributed by atoms with Gasteiger partial charge < -0.3 is 4.74 Å². The zero-order valence-corrected chi connectivity index (χ0v) is 16.0. The van der Waals surface area contributed by atoms with E-state index in [9.17, 15) is 13.2 Å². The van der Waals surface area contributed by atoms with Gasteiger partial charge >= 0.3 is 5.19 Å². The Hall–Kier alpha value is -1.47. The molecule has 2 aliphatic carbocycles. The Labute approximate surface area is 154 Å². The maximum Gasteiger partial charge on any atom is 0.333 e. The maximum absolute atomic E-state index is 15.6. The van der Waals surface area contributed by atoms with E-state index in [1.54, 1.807) is 18.2 Å². The van der Waals surface area contributed by atoms with Gasteiger partial charge in [-0.05, 0) is 49.7 Å². The predicted octanol–water partition coefficient (Wildman–Crippen LogP) is 3.76. The molecule has 1 N–H and O–H groups in total. The summed E-state index contributed by atoms with van der Waals surface area (Å²) in [4.78, 5) is 12.2. The number of hydrogen-bond donors (Lipinski definition) is 1. The average Bonchev–Trinajstić information content (AvgIpc) is 3.39. The number of benzene rings is 1. The van der Waals surface area contributed by atoms with Crippen LogP contribution in [0.4, 0.5) is 4.39 Å². The van der Waals surface area contributed by atoms with Crippen molar-refractivity contribution >= 4 is 15.9 Å². The van der Waals surface area contributed by atoms with Crippen LogP contribution in [0.1, 0.15) is 62.7 Å². The molecule has 0 radical (unpaired) electrons. The van der Waals surface area contributed by atoms with Gasteiger partial charge in [0.05, 0.1) is 6.10 Å². The van der Waals surface area contributed by atoms with Gasteiger partial charge in [-0.3, -0.25) is 4.79 Å². The number of nitrogens with one attached hydrogen (secondary N) is 1. The highest BCUT2D eigenvalue weighted by Gasteiger charge is 2.59. The smallest absolute Gasteiger partial charge is 0.329 e. The minimum atomic E-state index is -4.63. The summed E-state index contributed by atoms with van der Waals surface area (Å²) < 4.78 is 48.5. The van der Waals surface area contributed by atoms with Crippen LogP contribution in [-0.2, 0) is 14.8 Å².